The average Bonchev–Trinajstić information content (AvgIpc) is 3.20. The van der Waals surface area contributed by atoms with Crippen molar-refractivity contribution in [3.05, 3.63) is 42.6 Å². The summed E-state index contributed by atoms with van der Waals surface area (Å²) < 4.78 is 3.97. The second-order valence-electron chi connectivity index (χ2n) is 6.71. The number of aromatic nitrogens is 4. The Morgan fingerprint density at radius 1 is 1.09 bits per heavy atom. The first-order chi connectivity index (χ1) is 11.2. The van der Waals surface area contributed by atoms with Crippen molar-refractivity contribution in [3.8, 4) is 11.1 Å². The van der Waals surface area contributed by atoms with Gasteiger partial charge in [-0.3, -0.25) is 4.68 Å². The van der Waals surface area contributed by atoms with Crippen molar-refractivity contribution >= 4 is 5.65 Å². The lowest BCUT2D eigenvalue weighted by Crippen LogP contribution is -2.20. The van der Waals surface area contributed by atoms with Gasteiger partial charge in [-0.05, 0) is 50.3 Å². The Labute approximate surface area is 136 Å². The van der Waals surface area contributed by atoms with Crippen LogP contribution in [-0.4, -0.2) is 25.7 Å². The van der Waals surface area contributed by atoms with E-state index in [1.807, 2.05) is 24.1 Å². The molecule has 0 saturated heterocycles. The molecule has 0 amide bonds. The fourth-order valence-corrected chi connectivity index (χ4v) is 3.64. The minimum absolute atomic E-state index is 0.583. The number of pyridine rings is 1. The van der Waals surface area contributed by atoms with Crippen LogP contribution in [0.3, 0.4) is 0 Å². The molecule has 3 heterocycles. The fraction of sp³-hybridized carbons (Fsp3) is 0.444. The largest absolute Gasteiger partial charge is 0.330 e. The van der Waals surface area contributed by atoms with Crippen molar-refractivity contribution < 1.29 is 0 Å². The van der Waals surface area contributed by atoms with Crippen molar-refractivity contribution in [2.45, 2.75) is 31.6 Å². The molecule has 4 rings (SSSR count). The molecule has 5 heteroatoms. The highest BCUT2D eigenvalue weighted by molar-refractivity contribution is 5.63. The highest BCUT2D eigenvalue weighted by atomic mass is 15.2. The van der Waals surface area contributed by atoms with Crippen LogP contribution in [0.4, 0.5) is 0 Å². The van der Waals surface area contributed by atoms with E-state index in [1.54, 1.807) is 0 Å². The van der Waals surface area contributed by atoms with E-state index in [4.69, 9.17) is 10.7 Å². The van der Waals surface area contributed by atoms with Crippen LogP contribution in [0.5, 0.6) is 0 Å². The van der Waals surface area contributed by atoms with Gasteiger partial charge in [-0.1, -0.05) is 0 Å². The Kier molecular flexibility index (Phi) is 3.65. The molecule has 1 aliphatic carbocycles. The summed E-state index contributed by atoms with van der Waals surface area (Å²) in [5.41, 5.74) is 10.3. The summed E-state index contributed by atoms with van der Waals surface area (Å²) in [4.78, 5) is 4.84. The van der Waals surface area contributed by atoms with Gasteiger partial charge in [-0.15, -0.1) is 0 Å². The molecular weight excluding hydrogens is 286 g/mol. The molecule has 23 heavy (non-hydrogen) atoms. The molecule has 120 valence electrons. The Morgan fingerprint density at radius 3 is 2.61 bits per heavy atom. The van der Waals surface area contributed by atoms with Crippen molar-refractivity contribution in [1.29, 1.82) is 0 Å². The quantitative estimate of drug-likeness (QED) is 0.809. The number of rotatable bonds is 3. The van der Waals surface area contributed by atoms with Gasteiger partial charge in [0.1, 0.15) is 5.65 Å². The molecule has 2 N–H and O–H groups in total. The summed E-state index contributed by atoms with van der Waals surface area (Å²) in [7, 11) is 1.94. The maximum absolute atomic E-state index is 5.80. The summed E-state index contributed by atoms with van der Waals surface area (Å²) in [6.07, 6.45) is 13.2. The molecule has 1 saturated carbocycles. The SMILES string of the molecule is Cn1cc(-c2ccc3nc([C@H]4CC[C@H](CN)CC4)cn3c2)cn1. The van der Waals surface area contributed by atoms with E-state index in [9.17, 15) is 0 Å². The molecule has 3 aromatic rings. The van der Waals surface area contributed by atoms with Gasteiger partial charge < -0.3 is 10.1 Å². The Hall–Kier alpha value is -2.14. The van der Waals surface area contributed by atoms with Gasteiger partial charge in [0.25, 0.3) is 0 Å². The van der Waals surface area contributed by atoms with E-state index in [-0.39, 0.29) is 0 Å². The molecule has 0 aliphatic heterocycles. The third kappa shape index (κ3) is 2.77. The number of fused-ring (bicyclic) bond motifs is 1. The van der Waals surface area contributed by atoms with Crippen molar-refractivity contribution in [1.82, 2.24) is 19.2 Å². The first-order valence-corrected chi connectivity index (χ1v) is 8.40. The van der Waals surface area contributed by atoms with Gasteiger partial charge in [0.15, 0.2) is 0 Å². The predicted molar refractivity (Wildman–Crippen MR) is 91.1 cm³/mol. The molecule has 0 aromatic carbocycles. The van der Waals surface area contributed by atoms with Crippen LogP contribution in [0.15, 0.2) is 36.9 Å². The molecule has 0 atom stereocenters. The predicted octanol–water partition coefficient (Wildman–Crippen LogP) is 2.97. The molecule has 0 spiro atoms. The van der Waals surface area contributed by atoms with Crippen LogP contribution in [0.2, 0.25) is 0 Å². The molecule has 1 fully saturated rings. The monoisotopic (exact) mass is 309 g/mol. The highest BCUT2D eigenvalue weighted by Gasteiger charge is 2.23. The van der Waals surface area contributed by atoms with Crippen LogP contribution in [0.25, 0.3) is 16.8 Å². The minimum Gasteiger partial charge on any atom is -0.330 e. The summed E-state index contributed by atoms with van der Waals surface area (Å²) in [6.45, 7) is 0.826. The minimum atomic E-state index is 0.583. The van der Waals surface area contributed by atoms with E-state index in [1.165, 1.54) is 36.9 Å². The van der Waals surface area contributed by atoms with E-state index >= 15 is 0 Å². The maximum Gasteiger partial charge on any atom is 0.137 e. The first-order valence-electron chi connectivity index (χ1n) is 8.40. The fourth-order valence-electron chi connectivity index (χ4n) is 3.64. The molecular formula is C18H23N5. The van der Waals surface area contributed by atoms with Crippen molar-refractivity contribution in [3.63, 3.8) is 0 Å². The summed E-state index contributed by atoms with van der Waals surface area (Å²) in [5.74, 6) is 1.29. The van der Waals surface area contributed by atoms with Gasteiger partial charge in [-0.2, -0.15) is 5.10 Å². The highest BCUT2D eigenvalue weighted by Crippen LogP contribution is 2.35. The smallest absolute Gasteiger partial charge is 0.137 e. The zero-order valence-corrected chi connectivity index (χ0v) is 13.5. The van der Waals surface area contributed by atoms with E-state index in [0.717, 1.165) is 17.8 Å². The summed E-state index contributed by atoms with van der Waals surface area (Å²) in [6, 6.07) is 4.21. The van der Waals surface area contributed by atoms with Crippen LogP contribution in [0, 0.1) is 5.92 Å². The third-order valence-corrected chi connectivity index (χ3v) is 5.11. The second-order valence-corrected chi connectivity index (χ2v) is 6.71. The van der Waals surface area contributed by atoms with Crippen LogP contribution in [-0.2, 0) is 7.05 Å². The van der Waals surface area contributed by atoms with Gasteiger partial charge in [0, 0.05) is 42.7 Å². The lowest BCUT2D eigenvalue weighted by atomic mass is 9.81. The standard InChI is InChI=1S/C18H23N5/c1-22-10-16(9-20-22)15-6-7-18-21-17(12-23(18)11-15)14-4-2-13(8-19)3-5-14/h6-7,9-14H,2-5,8,19H2,1H3/t13-,14-. The number of nitrogens with zero attached hydrogens (tertiary/aromatic N) is 4. The summed E-state index contributed by atoms with van der Waals surface area (Å²) >= 11 is 0. The molecule has 3 aromatic heterocycles. The van der Waals surface area contributed by atoms with E-state index in [0.29, 0.717) is 11.8 Å². The topological polar surface area (TPSA) is 61.1 Å². The molecule has 0 unspecified atom stereocenters. The van der Waals surface area contributed by atoms with Crippen LogP contribution >= 0.6 is 0 Å². The number of nitrogens with two attached hydrogens (primary N) is 1. The zero-order chi connectivity index (χ0) is 15.8. The number of hydrogen-bond donors (Lipinski definition) is 1. The van der Waals surface area contributed by atoms with Crippen LogP contribution in [0.1, 0.15) is 37.3 Å². The van der Waals surface area contributed by atoms with Crippen molar-refractivity contribution in [2.75, 3.05) is 6.54 Å². The first kappa shape index (κ1) is 14.5. The number of aryl methyl sites for hydroxylation is 1. The van der Waals surface area contributed by atoms with E-state index < -0.39 is 0 Å². The van der Waals surface area contributed by atoms with Gasteiger partial charge in [-0.25, -0.2) is 4.98 Å². The Balaban J connectivity index is 1.61. The number of imidazole rings is 1. The lowest BCUT2D eigenvalue weighted by Gasteiger charge is -2.26. The van der Waals surface area contributed by atoms with Crippen molar-refractivity contribution in [2.24, 2.45) is 18.7 Å². The summed E-state index contributed by atoms with van der Waals surface area (Å²) in [5, 5.41) is 4.25. The Morgan fingerprint density at radius 2 is 1.91 bits per heavy atom. The number of hydrogen-bond acceptors (Lipinski definition) is 3. The second kappa shape index (κ2) is 5.81. The molecule has 0 bridgehead atoms. The average molecular weight is 309 g/mol. The van der Waals surface area contributed by atoms with E-state index in [2.05, 4.69) is 34.0 Å². The lowest BCUT2D eigenvalue weighted by molar-refractivity contribution is 0.330. The molecule has 1 aliphatic rings. The molecule has 5 nitrogen and oxygen atoms in total. The Bertz CT molecular complexity index is 808. The van der Waals surface area contributed by atoms with Crippen LogP contribution < -0.4 is 5.73 Å². The zero-order valence-electron chi connectivity index (χ0n) is 13.5. The third-order valence-electron chi connectivity index (χ3n) is 5.11. The van der Waals surface area contributed by atoms with Gasteiger partial charge in [0.05, 0.1) is 11.9 Å². The van der Waals surface area contributed by atoms with Gasteiger partial charge in [0.2, 0.25) is 0 Å². The normalized spacial score (nSPS) is 21.8. The molecule has 0 radical (unpaired) electrons. The maximum atomic E-state index is 5.80. The van der Waals surface area contributed by atoms with Gasteiger partial charge >= 0.3 is 0 Å².